The molecule has 0 atom stereocenters. The number of pyridine rings is 2. The summed E-state index contributed by atoms with van der Waals surface area (Å²) in [6, 6.07) is 51.2. The van der Waals surface area contributed by atoms with Gasteiger partial charge in [-0.2, -0.15) is 0 Å². The highest BCUT2D eigenvalue weighted by Crippen LogP contribution is 2.38. The lowest BCUT2D eigenvalue weighted by molar-refractivity contribution is 1.10. The molecule has 6 aromatic carbocycles. The molecule has 10 rings (SSSR count). The quantitative estimate of drug-likeness (QED) is 0.193. The Balaban J connectivity index is 1.18. The molecular formula is C41H25N5. The van der Waals surface area contributed by atoms with Crippen molar-refractivity contribution in [1.29, 1.82) is 0 Å². The third kappa shape index (κ3) is 3.60. The van der Waals surface area contributed by atoms with Crippen molar-refractivity contribution < 1.29 is 0 Å². The van der Waals surface area contributed by atoms with Crippen LogP contribution in [0.15, 0.2) is 152 Å². The Labute approximate surface area is 263 Å². The Morgan fingerprint density at radius 3 is 2.02 bits per heavy atom. The number of para-hydroxylation sites is 5. The highest BCUT2D eigenvalue weighted by atomic mass is 15.1. The second-order valence-electron chi connectivity index (χ2n) is 11.7. The number of nitrogens with zero attached hydrogens (tertiary/aromatic N) is 5. The van der Waals surface area contributed by atoms with Gasteiger partial charge in [-0.3, -0.25) is 14.0 Å². The molecule has 0 saturated carbocycles. The van der Waals surface area contributed by atoms with E-state index in [0.29, 0.717) is 0 Å². The van der Waals surface area contributed by atoms with Crippen LogP contribution >= 0.6 is 0 Å². The van der Waals surface area contributed by atoms with Crippen molar-refractivity contribution in [3.63, 3.8) is 0 Å². The Kier molecular flexibility index (Phi) is 5.22. The molecule has 0 spiro atoms. The summed E-state index contributed by atoms with van der Waals surface area (Å²) in [7, 11) is 0. The van der Waals surface area contributed by atoms with E-state index < -0.39 is 0 Å². The number of imidazole rings is 2. The molecule has 0 fully saturated rings. The summed E-state index contributed by atoms with van der Waals surface area (Å²) < 4.78 is 4.55. The van der Waals surface area contributed by atoms with Crippen LogP contribution in [0.2, 0.25) is 0 Å². The zero-order chi connectivity index (χ0) is 30.2. The van der Waals surface area contributed by atoms with E-state index in [4.69, 9.17) is 15.0 Å². The van der Waals surface area contributed by atoms with Crippen LogP contribution in [0.4, 0.5) is 0 Å². The van der Waals surface area contributed by atoms with Crippen molar-refractivity contribution in [2.45, 2.75) is 0 Å². The van der Waals surface area contributed by atoms with Crippen molar-refractivity contribution in [3.05, 3.63) is 152 Å². The maximum atomic E-state index is 5.16. The zero-order valence-electron chi connectivity index (χ0n) is 24.7. The minimum atomic E-state index is 0.927. The van der Waals surface area contributed by atoms with Gasteiger partial charge >= 0.3 is 0 Å². The monoisotopic (exact) mass is 587 g/mol. The first kappa shape index (κ1) is 25.0. The molecule has 0 radical (unpaired) electrons. The van der Waals surface area contributed by atoms with Crippen LogP contribution in [-0.4, -0.2) is 23.9 Å². The first-order valence-electron chi connectivity index (χ1n) is 15.5. The predicted molar refractivity (Wildman–Crippen MR) is 189 cm³/mol. The van der Waals surface area contributed by atoms with Gasteiger partial charge in [-0.25, -0.2) is 9.97 Å². The lowest BCUT2D eigenvalue weighted by Crippen LogP contribution is -1.97. The fraction of sp³-hybridized carbons (Fsp3) is 0. The minimum Gasteiger partial charge on any atom is -0.292 e. The molecule has 5 nitrogen and oxygen atoms in total. The van der Waals surface area contributed by atoms with Crippen LogP contribution in [0, 0.1) is 0 Å². The molecule has 0 aliphatic carbocycles. The molecule has 4 heterocycles. The van der Waals surface area contributed by atoms with Gasteiger partial charge in [0.2, 0.25) is 0 Å². The smallest absolute Gasteiger partial charge is 0.148 e. The molecule has 214 valence electrons. The van der Waals surface area contributed by atoms with Crippen LogP contribution in [0.3, 0.4) is 0 Å². The van der Waals surface area contributed by atoms with Gasteiger partial charge in [0, 0.05) is 28.2 Å². The predicted octanol–water partition coefficient (Wildman–Crippen LogP) is 10.0. The molecule has 0 N–H and O–H groups in total. The standard InChI is InChI=1S/C41H25N5/c1-2-10-30(11-3-1)45-35-14-6-4-12-33(35)43-40(45)28-18-16-26(17-19-28)29-21-22-31-32-23-20-27-9-8-24-42-39(27)38(32)41-44-34-13-5-7-15-36(34)46(41)37(31)25-29/h1-25H. The first-order valence-corrected chi connectivity index (χ1v) is 15.5. The van der Waals surface area contributed by atoms with E-state index in [1.165, 1.54) is 5.39 Å². The van der Waals surface area contributed by atoms with Gasteiger partial charge in [-0.1, -0.05) is 97.1 Å². The topological polar surface area (TPSA) is 48.0 Å². The molecule has 0 unspecified atom stereocenters. The van der Waals surface area contributed by atoms with E-state index in [-0.39, 0.29) is 0 Å². The SMILES string of the molecule is c1ccc(-n2c(-c3ccc(-c4ccc5c6ccc7cccnc7c6c6nc7ccccc7n6c5c4)cc3)nc3ccccc32)cc1. The van der Waals surface area contributed by atoms with Crippen LogP contribution < -0.4 is 0 Å². The van der Waals surface area contributed by atoms with E-state index in [0.717, 1.165) is 83.1 Å². The summed E-state index contributed by atoms with van der Waals surface area (Å²) >= 11 is 0. The molecule has 46 heavy (non-hydrogen) atoms. The molecule has 0 saturated heterocycles. The van der Waals surface area contributed by atoms with Gasteiger partial charge in [-0.05, 0) is 65.0 Å². The largest absolute Gasteiger partial charge is 0.292 e. The number of hydrogen-bond donors (Lipinski definition) is 0. The first-order chi connectivity index (χ1) is 22.8. The summed E-state index contributed by atoms with van der Waals surface area (Å²) in [4.78, 5) is 15.0. The number of fused-ring (bicyclic) bond motifs is 11. The van der Waals surface area contributed by atoms with Crippen molar-refractivity contribution >= 4 is 60.3 Å². The number of benzene rings is 6. The van der Waals surface area contributed by atoms with Gasteiger partial charge in [0.1, 0.15) is 11.5 Å². The number of rotatable bonds is 3. The molecule has 0 aliphatic rings. The van der Waals surface area contributed by atoms with Crippen molar-refractivity contribution in [1.82, 2.24) is 23.9 Å². The maximum Gasteiger partial charge on any atom is 0.148 e. The maximum absolute atomic E-state index is 5.16. The van der Waals surface area contributed by atoms with Gasteiger partial charge < -0.3 is 0 Å². The molecule has 10 aromatic rings. The average molecular weight is 588 g/mol. The molecule has 0 amide bonds. The van der Waals surface area contributed by atoms with E-state index in [1.54, 1.807) is 0 Å². The normalized spacial score (nSPS) is 11.9. The molecule has 0 aliphatic heterocycles. The highest BCUT2D eigenvalue weighted by molar-refractivity contribution is 6.22. The fourth-order valence-corrected chi connectivity index (χ4v) is 7.03. The third-order valence-corrected chi connectivity index (χ3v) is 9.14. The Bertz CT molecular complexity index is 2790. The average Bonchev–Trinajstić information content (AvgIpc) is 3.71. The molecule has 4 aromatic heterocycles. The Hall–Kier alpha value is -6.33. The van der Waals surface area contributed by atoms with Crippen molar-refractivity contribution in [2.24, 2.45) is 0 Å². The Morgan fingerprint density at radius 1 is 0.478 bits per heavy atom. The van der Waals surface area contributed by atoms with Crippen LogP contribution in [0.5, 0.6) is 0 Å². The second kappa shape index (κ2) is 9.58. The second-order valence-corrected chi connectivity index (χ2v) is 11.7. The summed E-state index contributed by atoms with van der Waals surface area (Å²) in [5.41, 5.74) is 11.6. The fourth-order valence-electron chi connectivity index (χ4n) is 7.03. The molecule has 5 heteroatoms. The van der Waals surface area contributed by atoms with Gasteiger partial charge in [0.25, 0.3) is 0 Å². The van der Waals surface area contributed by atoms with Crippen LogP contribution in [0.25, 0.3) is 88.5 Å². The summed E-state index contributed by atoms with van der Waals surface area (Å²) in [5.74, 6) is 0.927. The number of hydrogen-bond acceptors (Lipinski definition) is 3. The summed E-state index contributed by atoms with van der Waals surface area (Å²) in [6.45, 7) is 0. The van der Waals surface area contributed by atoms with Gasteiger partial charge in [0.15, 0.2) is 0 Å². The van der Waals surface area contributed by atoms with Gasteiger partial charge in [-0.15, -0.1) is 0 Å². The minimum absolute atomic E-state index is 0.927. The van der Waals surface area contributed by atoms with E-state index in [2.05, 4.69) is 136 Å². The summed E-state index contributed by atoms with van der Waals surface area (Å²) in [5, 5.41) is 4.53. The molecule has 0 bridgehead atoms. The molecular weight excluding hydrogens is 562 g/mol. The summed E-state index contributed by atoms with van der Waals surface area (Å²) in [6.07, 6.45) is 1.87. The lowest BCUT2D eigenvalue weighted by Gasteiger charge is -2.13. The zero-order valence-corrected chi connectivity index (χ0v) is 24.7. The van der Waals surface area contributed by atoms with E-state index in [9.17, 15) is 0 Å². The van der Waals surface area contributed by atoms with Crippen molar-refractivity contribution in [3.8, 4) is 28.2 Å². The third-order valence-electron chi connectivity index (χ3n) is 9.14. The highest BCUT2D eigenvalue weighted by Gasteiger charge is 2.18. The van der Waals surface area contributed by atoms with Crippen LogP contribution in [0.1, 0.15) is 0 Å². The van der Waals surface area contributed by atoms with Crippen LogP contribution in [-0.2, 0) is 0 Å². The Morgan fingerprint density at radius 2 is 1.17 bits per heavy atom. The van der Waals surface area contributed by atoms with E-state index >= 15 is 0 Å². The lowest BCUT2D eigenvalue weighted by atomic mass is 9.98. The van der Waals surface area contributed by atoms with E-state index in [1.807, 2.05) is 24.4 Å². The number of aromatic nitrogens is 5. The van der Waals surface area contributed by atoms with Gasteiger partial charge in [0.05, 0.1) is 38.5 Å². The van der Waals surface area contributed by atoms with Crippen molar-refractivity contribution in [2.75, 3.05) is 0 Å².